The summed E-state index contributed by atoms with van der Waals surface area (Å²) >= 11 is 0. The van der Waals surface area contributed by atoms with Crippen LogP contribution < -0.4 is 0 Å². The zero-order valence-corrected chi connectivity index (χ0v) is 31.0. The molecule has 0 saturated heterocycles. The summed E-state index contributed by atoms with van der Waals surface area (Å²) in [6.07, 6.45) is 0. The molecule has 0 aliphatic carbocycles. The molecule has 0 N–H and O–H groups in total. The highest BCUT2D eigenvalue weighted by molar-refractivity contribution is 6.30. The topological polar surface area (TPSA) is 13.1 Å². The van der Waals surface area contributed by atoms with Gasteiger partial charge in [-0.2, -0.15) is 0 Å². The Kier molecular flexibility index (Phi) is 7.00. The van der Waals surface area contributed by atoms with Crippen LogP contribution in [0.5, 0.6) is 0 Å². The van der Waals surface area contributed by atoms with Crippen molar-refractivity contribution in [3.05, 3.63) is 206 Å². The minimum Gasteiger partial charge on any atom is -0.456 e. The SMILES string of the molecule is c1ccc(-c2ccc(-c3c4ccccc4c(-c4c5ccccc5c(-c5ccc6oc7cc8ccccc8cc7c6c5)c5ccccc45)c4ccccc34)cc2)cc1. The molecule has 1 aromatic heterocycles. The monoisotopic (exact) mass is 722 g/mol. The van der Waals surface area contributed by atoms with Crippen LogP contribution in [-0.2, 0) is 0 Å². The van der Waals surface area contributed by atoms with Gasteiger partial charge >= 0.3 is 0 Å². The van der Waals surface area contributed by atoms with E-state index in [-0.39, 0.29) is 0 Å². The van der Waals surface area contributed by atoms with Crippen LogP contribution in [0.25, 0.3) is 120 Å². The molecule has 12 rings (SSSR count). The van der Waals surface area contributed by atoms with Crippen molar-refractivity contribution in [2.24, 2.45) is 0 Å². The van der Waals surface area contributed by atoms with E-state index in [9.17, 15) is 0 Å². The molecule has 0 bridgehead atoms. The van der Waals surface area contributed by atoms with E-state index in [0.717, 1.165) is 21.9 Å². The van der Waals surface area contributed by atoms with Gasteiger partial charge in [0.1, 0.15) is 11.2 Å². The van der Waals surface area contributed by atoms with Gasteiger partial charge in [-0.3, -0.25) is 0 Å². The Morgan fingerprint density at radius 1 is 0.211 bits per heavy atom. The maximum Gasteiger partial charge on any atom is 0.136 e. The van der Waals surface area contributed by atoms with E-state index in [1.807, 2.05) is 0 Å². The Hall–Kier alpha value is -7.48. The summed E-state index contributed by atoms with van der Waals surface area (Å²) in [6.45, 7) is 0. The average molecular weight is 723 g/mol. The van der Waals surface area contributed by atoms with Gasteiger partial charge in [0.15, 0.2) is 0 Å². The molecule has 57 heavy (non-hydrogen) atoms. The van der Waals surface area contributed by atoms with Gasteiger partial charge in [-0.1, -0.05) is 182 Å². The number of furan rings is 1. The lowest BCUT2D eigenvalue weighted by Crippen LogP contribution is -1.94. The van der Waals surface area contributed by atoms with Gasteiger partial charge in [0.05, 0.1) is 0 Å². The quantitative estimate of drug-likeness (QED) is 0.165. The molecule has 0 saturated carbocycles. The predicted molar refractivity (Wildman–Crippen MR) is 243 cm³/mol. The lowest BCUT2D eigenvalue weighted by atomic mass is 9.81. The Bertz CT molecular complexity index is 3440. The van der Waals surface area contributed by atoms with Crippen LogP contribution >= 0.6 is 0 Å². The summed E-state index contributed by atoms with van der Waals surface area (Å²) in [5.74, 6) is 0. The maximum absolute atomic E-state index is 6.45. The third-order valence-electron chi connectivity index (χ3n) is 12.0. The Balaban J connectivity index is 1.14. The molecular weight excluding hydrogens is 689 g/mol. The summed E-state index contributed by atoms with van der Waals surface area (Å²) in [7, 11) is 0. The highest BCUT2D eigenvalue weighted by Crippen LogP contribution is 2.50. The van der Waals surface area contributed by atoms with E-state index in [1.165, 1.54) is 98.4 Å². The fourth-order valence-corrected chi connectivity index (χ4v) is 9.50. The zero-order valence-electron chi connectivity index (χ0n) is 31.0. The molecule has 0 amide bonds. The van der Waals surface area contributed by atoms with Gasteiger partial charge < -0.3 is 4.42 Å². The van der Waals surface area contributed by atoms with E-state index in [2.05, 4.69) is 206 Å². The molecule has 0 spiro atoms. The van der Waals surface area contributed by atoms with Crippen LogP contribution in [0.3, 0.4) is 0 Å². The van der Waals surface area contributed by atoms with E-state index in [1.54, 1.807) is 0 Å². The van der Waals surface area contributed by atoms with Crippen molar-refractivity contribution in [3.63, 3.8) is 0 Å². The largest absolute Gasteiger partial charge is 0.456 e. The van der Waals surface area contributed by atoms with Crippen LogP contribution in [-0.4, -0.2) is 0 Å². The van der Waals surface area contributed by atoms with Crippen molar-refractivity contribution in [3.8, 4) is 44.5 Å². The van der Waals surface area contributed by atoms with E-state index in [0.29, 0.717) is 0 Å². The van der Waals surface area contributed by atoms with Crippen molar-refractivity contribution in [2.75, 3.05) is 0 Å². The van der Waals surface area contributed by atoms with Crippen LogP contribution in [0.1, 0.15) is 0 Å². The second-order valence-electron chi connectivity index (χ2n) is 15.1. The number of benzene rings is 11. The third kappa shape index (κ3) is 4.89. The van der Waals surface area contributed by atoms with Crippen molar-refractivity contribution in [1.29, 1.82) is 0 Å². The lowest BCUT2D eigenvalue weighted by molar-refractivity contribution is 0.669. The summed E-state index contributed by atoms with van der Waals surface area (Å²) in [4.78, 5) is 0. The van der Waals surface area contributed by atoms with Crippen molar-refractivity contribution >= 4 is 75.8 Å². The van der Waals surface area contributed by atoms with Crippen molar-refractivity contribution in [1.82, 2.24) is 0 Å². The van der Waals surface area contributed by atoms with Crippen LogP contribution in [0.15, 0.2) is 211 Å². The molecule has 0 aliphatic rings. The molecule has 264 valence electrons. The smallest absolute Gasteiger partial charge is 0.136 e. The minimum atomic E-state index is 0.905. The normalized spacial score (nSPS) is 11.9. The molecule has 0 atom stereocenters. The van der Waals surface area contributed by atoms with Gasteiger partial charge in [0.2, 0.25) is 0 Å². The Morgan fingerprint density at radius 3 is 1.11 bits per heavy atom. The Labute approximate surface area is 329 Å². The first-order valence-corrected chi connectivity index (χ1v) is 19.7. The Morgan fingerprint density at radius 2 is 0.579 bits per heavy atom. The number of fused-ring (bicyclic) bond motifs is 8. The first kappa shape index (κ1) is 31.8. The first-order chi connectivity index (χ1) is 28.3. The third-order valence-corrected chi connectivity index (χ3v) is 12.0. The van der Waals surface area contributed by atoms with E-state index in [4.69, 9.17) is 4.42 Å². The molecule has 1 heterocycles. The number of rotatable bonds is 4. The van der Waals surface area contributed by atoms with Gasteiger partial charge in [0.25, 0.3) is 0 Å². The molecular formula is C56H34O. The number of hydrogen-bond donors (Lipinski definition) is 0. The standard InChI is InChI=1S/C56H34O/c1-2-14-35(15-3-1)36-26-28-37(29-27-36)53-41-18-6-10-22-45(41)55(46-23-11-7-19-42(46)53)56-47-24-12-8-20-43(47)54(44-21-9-13-25-48(44)56)40-30-31-51-49(33-40)50-32-38-16-4-5-17-39(38)34-52(50)57-51/h1-34H. The summed E-state index contributed by atoms with van der Waals surface area (Å²) in [5, 5.41) is 14.6. The van der Waals surface area contributed by atoms with Gasteiger partial charge in [-0.25, -0.2) is 0 Å². The lowest BCUT2D eigenvalue weighted by Gasteiger charge is -2.22. The summed E-state index contributed by atoms with van der Waals surface area (Å²) in [6, 6.07) is 75.4. The molecule has 0 fully saturated rings. The fraction of sp³-hybridized carbons (Fsp3) is 0. The zero-order chi connectivity index (χ0) is 37.5. The molecule has 11 aromatic carbocycles. The number of hydrogen-bond acceptors (Lipinski definition) is 1. The summed E-state index contributed by atoms with van der Waals surface area (Å²) < 4.78 is 6.45. The highest BCUT2D eigenvalue weighted by atomic mass is 16.3. The molecule has 0 aliphatic heterocycles. The second-order valence-corrected chi connectivity index (χ2v) is 15.1. The molecule has 0 unspecified atom stereocenters. The first-order valence-electron chi connectivity index (χ1n) is 19.7. The summed E-state index contributed by atoms with van der Waals surface area (Å²) in [5.41, 5.74) is 11.7. The van der Waals surface area contributed by atoms with Gasteiger partial charge in [0, 0.05) is 10.8 Å². The average Bonchev–Trinajstić information content (AvgIpc) is 3.63. The highest BCUT2D eigenvalue weighted by Gasteiger charge is 2.23. The van der Waals surface area contributed by atoms with Crippen molar-refractivity contribution < 1.29 is 4.42 Å². The maximum atomic E-state index is 6.45. The van der Waals surface area contributed by atoms with Gasteiger partial charge in [-0.15, -0.1) is 0 Å². The fourth-order valence-electron chi connectivity index (χ4n) is 9.50. The molecule has 0 radical (unpaired) electrons. The van der Waals surface area contributed by atoms with E-state index >= 15 is 0 Å². The molecule has 12 aromatic rings. The molecule has 1 heteroatoms. The molecule has 1 nitrogen and oxygen atoms in total. The van der Waals surface area contributed by atoms with Gasteiger partial charge in [-0.05, 0) is 123 Å². The van der Waals surface area contributed by atoms with Crippen LogP contribution in [0, 0.1) is 0 Å². The second kappa shape index (κ2) is 12.5. The minimum absolute atomic E-state index is 0.905. The van der Waals surface area contributed by atoms with Crippen LogP contribution in [0.4, 0.5) is 0 Å². The van der Waals surface area contributed by atoms with Crippen molar-refractivity contribution in [2.45, 2.75) is 0 Å². The van der Waals surface area contributed by atoms with E-state index < -0.39 is 0 Å². The predicted octanol–water partition coefficient (Wildman–Crippen LogP) is 16.0. The van der Waals surface area contributed by atoms with Crippen LogP contribution in [0.2, 0.25) is 0 Å².